The Labute approximate surface area is 80.1 Å². The maximum absolute atomic E-state index is 4.09. The second kappa shape index (κ2) is 11.2. The number of rotatable bonds is 4. The van der Waals surface area contributed by atoms with Gasteiger partial charge in [-0.2, -0.15) is 12.6 Å². The first-order valence-corrected chi connectivity index (χ1v) is 3.66. The monoisotopic (exact) mass is 142 g/mol. The van der Waals surface area contributed by atoms with Gasteiger partial charge in [-0.25, -0.2) is 0 Å². The molecule has 0 rings (SSSR count). The molecule has 0 heterocycles. The minimum absolute atomic E-state index is 0. The Balaban J connectivity index is 0. The van der Waals surface area contributed by atoms with E-state index in [4.69, 9.17) is 0 Å². The number of hydrogen-bond acceptors (Lipinski definition) is 1. The summed E-state index contributed by atoms with van der Waals surface area (Å²) in [6.45, 7) is 2.22. The van der Waals surface area contributed by atoms with Gasteiger partial charge >= 0.3 is 29.6 Å². The van der Waals surface area contributed by atoms with E-state index in [2.05, 4.69) is 19.6 Å². The summed E-state index contributed by atoms with van der Waals surface area (Å²) < 4.78 is 0. The fraction of sp³-hybridized carbons (Fsp3) is 1.00. The van der Waals surface area contributed by atoms with Crippen molar-refractivity contribution in [3.63, 3.8) is 0 Å². The van der Waals surface area contributed by atoms with Crippen LogP contribution in [0.1, 0.15) is 32.6 Å². The zero-order chi connectivity index (χ0) is 5.54. The molecule has 0 radical (unpaired) electrons. The molecule has 0 aliphatic carbocycles. The van der Waals surface area contributed by atoms with E-state index in [0.717, 1.165) is 5.75 Å². The van der Waals surface area contributed by atoms with Crippen LogP contribution in [-0.4, -0.2) is 35.3 Å². The average Bonchev–Trinajstić information content (AvgIpc) is 1.69. The van der Waals surface area contributed by atoms with Crippen molar-refractivity contribution in [3.8, 4) is 0 Å². The van der Waals surface area contributed by atoms with Gasteiger partial charge in [-0.3, -0.25) is 0 Å². The summed E-state index contributed by atoms with van der Waals surface area (Å²) in [6, 6.07) is 0. The summed E-state index contributed by atoms with van der Waals surface area (Å²) in [5, 5.41) is 0. The van der Waals surface area contributed by atoms with Gasteiger partial charge in [0.2, 0.25) is 0 Å². The van der Waals surface area contributed by atoms with Gasteiger partial charge in [0.05, 0.1) is 0 Å². The van der Waals surface area contributed by atoms with Gasteiger partial charge in [0.25, 0.3) is 0 Å². The standard InChI is InChI=1S/C6H14S.Na.H/c1-2-3-4-5-6-7;;/h7H,2-6H2,1H3;;. The van der Waals surface area contributed by atoms with Crippen LogP contribution in [0.5, 0.6) is 0 Å². The summed E-state index contributed by atoms with van der Waals surface area (Å²) in [5.74, 6) is 1.06. The van der Waals surface area contributed by atoms with Crippen LogP contribution in [0.2, 0.25) is 0 Å². The van der Waals surface area contributed by atoms with E-state index in [-0.39, 0.29) is 29.6 Å². The number of hydrogen-bond donors (Lipinski definition) is 1. The predicted octanol–water partition coefficient (Wildman–Crippen LogP) is 1.85. The average molecular weight is 142 g/mol. The fourth-order valence-corrected chi connectivity index (χ4v) is 0.762. The van der Waals surface area contributed by atoms with E-state index < -0.39 is 0 Å². The van der Waals surface area contributed by atoms with E-state index in [9.17, 15) is 0 Å². The molecule has 0 aromatic heterocycles. The Morgan fingerprint density at radius 3 is 2.12 bits per heavy atom. The third-order valence-electron chi connectivity index (χ3n) is 1.01. The molecule has 0 amide bonds. The zero-order valence-corrected chi connectivity index (χ0v) is 5.88. The van der Waals surface area contributed by atoms with E-state index in [1.54, 1.807) is 0 Å². The summed E-state index contributed by atoms with van der Waals surface area (Å²) in [4.78, 5) is 0. The van der Waals surface area contributed by atoms with Crippen molar-refractivity contribution in [2.75, 3.05) is 5.75 Å². The molecule has 0 nitrogen and oxygen atoms in total. The molecule has 0 unspecified atom stereocenters. The second-order valence-electron chi connectivity index (χ2n) is 1.78. The van der Waals surface area contributed by atoms with Gasteiger partial charge < -0.3 is 0 Å². The van der Waals surface area contributed by atoms with E-state index in [0.29, 0.717) is 0 Å². The summed E-state index contributed by atoms with van der Waals surface area (Å²) in [6.07, 6.45) is 5.35. The Morgan fingerprint density at radius 1 is 1.12 bits per heavy atom. The van der Waals surface area contributed by atoms with Crippen LogP contribution in [0.4, 0.5) is 0 Å². The molecule has 0 N–H and O–H groups in total. The fourth-order valence-electron chi connectivity index (χ4n) is 0.539. The van der Waals surface area contributed by atoms with Crippen LogP contribution in [-0.2, 0) is 0 Å². The van der Waals surface area contributed by atoms with Crippen molar-refractivity contribution in [1.82, 2.24) is 0 Å². The van der Waals surface area contributed by atoms with Gasteiger partial charge in [0.1, 0.15) is 0 Å². The molecule has 0 aliphatic heterocycles. The van der Waals surface area contributed by atoms with Crippen LogP contribution >= 0.6 is 12.6 Å². The second-order valence-corrected chi connectivity index (χ2v) is 2.23. The number of thiol groups is 1. The minimum atomic E-state index is 0. The molecule has 2 heteroatoms. The van der Waals surface area contributed by atoms with Gasteiger partial charge in [0.15, 0.2) is 0 Å². The van der Waals surface area contributed by atoms with E-state index >= 15 is 0 Å². The van der Waals surface area contributed by atoms with Gasteiger partial charge in [-0.1, -0.05) is 26.2 Å². The maximum atomic E-state index is 4.09. The topological polar surface area (TPSA) is 0 Å². The molecule has 0 saturated carbocycles. The molecular formula is C6H15NaS. The molecule has 8 heavy (non-hydrogen) atoms. The van der Waals surface area contributed by atoms with Crippen LogP contribution < -0.4 is 0 Å². The first-order chi connectivity index (χ1) is 3.41. The van der Waals surface area contributed by atoms with Crippen molar-refractivity contribution in [2.24, 2.45) is 0 Å². The molecule has 46 valence electrons. The van der Waals surface area contributed by atoms with Gasteiger partial charge in [-0.15, -0.1) is 0 Å². The van der Waals surface area contributed by atoms with E-state index in [1.165, 1.54) is 25.7 Å². The normalized spacial score (nSPS) is 8.25. The molecule has 0 atom stereocenters. The zero-order valence-electron chi connectivity index (χ0n) is 4.98. The van der Waals surface area contributed by atoms with Crippen LogP contribution in [0, 0.1) is 0 Å². The van der Waals surface area contributed by atoms with Crippen LogP contribution in [0.25, 0.3) is 0 Å². The Hall–Kier alpha value is 1.35. The first-order valence-electron chi connectivity index (χ1n) is 3.02. The van der Waals surface area contributed by atoms with Crippen molar-refractivity contribution < 1.29 is 0 Å². The van der Waals surface area contributed by atoms with Gasteiger partial charge in [-0.05, 0) is 12.2 Å². The Kier molecular flexibility index (Phi) is 16.9. The SMILES string of the molecule is CCCCCCS.[NaH]. The third kappa shape index (κ3) is 10.4. The molecule has 0 saturated heterocycles. The van der Waals surface area contributed by atoms with Crippen LogP contribution in [0.15, 0.2) is 0 Å². The van der Waals surface area contributed by atoms with Crippen molar-refractivity contribution in [1.29, 1.82) is 0 Å². The third-order valence-corrected chi connectivity index (χ3v) is 1.33. The molecule has 0 aromatic rings. The molecule has 0 fully saturated rings. The summed E-state index contributed by atoms with van der Waals surface area (Å²) in [5.41, 5.74) is 0. The molecular weight excluding hydrogens is 127 g/mol. The summed E-state index contributed by atoms with van der Waals surface area (Å²) >= 11 is 4.09. The Morgan fingerprint density at radius 2 is 1.75 bits per heavy atom. The molecule has 0 aromatic carbocycles. The summed E-state index contributed by atoms with van der Waals surface area (Å²) in [7, 11) is 0. The quantitative estimate of drug-likeness (QED) is 0.345. The van der Waals surface area contributed by atoms with E-state index in [1.807, 2.05) is 0 Å². The molecule has 0 spiro atoms. The van der Waals surface area contributed by atoms with Crippen molar-refractivity contribution in [2.45, 2.75) is 32.6 Å². The predicted molar refractivity (Wildman–Crippen MR) is 45.1 cm³/mol. The van der Waals surface area contributed by atoms with Gasteiger partial charge in [0, 0.05) is 0 Å². The molecule has 0 bridgehead atoms. The number of unbranched alkanes of at least 4 members (excludes halogenated alkanes) is 3. The molecule has 0 aliphatic rings. The van der Waals surface area contributed by atoms with Crippen LogP contribution in [0.3, 0.4) is 0 Å². The van der Waals surface area contributed by atoms with Crippen molar-refractivity contribution >= 4 is 42.2 Å². The first kappa shape index (κ1) is 12.1. The Bertz CT molecular complexity index is 27.7. The van der Waals surface area contributed by atoms with Crippen molar-refractivity contribution in [3.05, 3.63) is 0 Å².